The van der Waals surface area contributed by atoms with Crippen LogP contribution in [0.2, 0.25) is 0 Å². The highest BCUT2D eigenvalue weighted by Gasteiger charge is 2.38. The van der Waals surface area contributed by atoms with Gasteiger partial charge in [-0.3, -0.25) is 9.69 Å². The minimum atomic E-state index is -0.215. The first kappa shape index (κ1) is 16.1. The Morgan fingerprint density at radius 2 is 1.95 bits per heavy atom. The van der Waals surface area contributed by atoms with Gasteiger partial charge in [-0.2, -0.15) is 11.8 Å². The third-order valence-electron chi connectivity index (χ3n) is 4.90. The van der Waals surface area contributed by atoms with Gasteiger partial charge in [0.25, 0.3) is 0 Å². The first-order valence-electron chi connectivity index (χ1n) is 8.03. The summed E-state index contributed by atoms with van der Waals surface area (Å²) in [6.07, 6.45) is 7.30. The summed E-state index contributed by atoms with van der Waals surface area (Å²) in [4.78, 5) is 14.1. The molecule has 1 saturated heterocycles. The summed E-state index contributed by atoms with van der Waals surface area (Å²) < 4.78 is 0. The lowest BCUT2D eigenvalue weighted by Gasteiger charge is -2.48. The third-order valence-corrected chi connectivity index (χ3v) is 5.84. The second-order valence-electron chi connectivity index (χ2n) is 6.13. The fraction of sp³-hybridized carbons (Fsp3) is 0.933. The summed E-state index contributed by atoms with van der Waals surface area (Å²) in [7, 11) is 0. The molecule has 0 spiro atoms. The summed E-state index contributed by atoms with van der Waals surface area (Å²) in [5.74, 6) is 2.27. The molecule has 5 heteroatoms. The van der Waals surface area contributed by atoms with Gasteiger partial charge in [-0.05, 0) is 19.3 Å². The minimum Gasteiger partial charge on any atom is -0.368 e. The van der Waals surface area contributed by atoms with Crippen LogP contribution in [-0.2, 0) is 4.79 Å². The highest BCUT2D eigenvalue weighted by Crippen LogP contribution is 2.34. The van der Waals surface area contributed by atoms with Gasteiger partial charge in [0.1, 0.15) is 0 Å². The van der Waals surface area contributed by atoms with Crippen LogP contribution in [0.3, 0.4) is 0 Å². The number of amides is 1. The maximum Gasteiger partial charge on any atom is 0.234 e. The SMILES string of the molecule is CCC(NCC1(N2CCSCC2)CCCCC1)C(N)=O. The van der Waals surface area contributed by atoms with Gasteiger partial charge in [0.15, 0.2) is 0 Å². The van der Waals surface area contributed by atoms with E-state index in [0.29, 0.717) is 0 Å². The molecular weight excluding hydrogens is 270 g/mol. The standard InChI is InChI=1S/C15H29N3OS/c1-2-13(14(16)19)17-12-15(6-4-3-5-7-15)18-8-10-20-11-9-18/h13,17H,2-12H2,1H3,(H2,16,19). The number of thioether (sulfide) groups is 1. The first-order chi connectivity index (χ1) is 9.68. The molecule has 0 radical (unpaired) electrons. The van der Waals surface area contributed by atoms with Gasteiger partial charge < -0.3 is 11.1 Å². The van der Waals surface area contributed by atoms with Crippen LogP contribution < -0.4 is 11.1 Å². The van der Waals surface area contributed by atoms with Crippen LogP contribution >= 0.6 is 11.8 Å². The topological polar surface area (TPSA) is 58.4 Å². The fourth-order valence-corrected chi connectivity index (χ4v) is 4.51. The van der Waals surface area contributed by atoms with Crippen LogP contribution in [0, 0.1) is 0 Å². The molecule has 1 saturated carbocycles. The maximum absolute atomic E-state index is 11.4. The number of rotatable bonds is 6. The van der Waals surface area contributed by atoms with E-state index in [1.807, 2.05) is 6.92 Å². The van der Waals surface area contributed by atoms with E-state index in [0.717, 1.165) is 13.0 Å². The molecule has 0 aromatic heterocycles. The fourth-order valence-electron chi connectivity index (χ4n) is 3.61. The molecule has 2 rings (SSSR count). The van der Waals surface area contributed by atoms with Crippen molar-refractivity contribution in [3.8, 4) is 0 Å². The van der Waals surface area contributed by atoms with Crippen LogP contribution in [0.25, 0.3) is 0 Å². The number of nitrogens with two attached hydrogens (primary N) is 1. The normalized spacial score (nSPS) is 25.2. The lowest BCUT2D eigenvalue weighted by molar-refractivity contribution is -0.120. The van der Waals surface area contributed by atoms with Gasteiger partial charge in [-0.1, -0.05) is 26.2 Å². The van der Waals surface area contributed by atoms with E-state index in [1.165, 1.54) is 56.7 Å². The predicted octanol–water partition coefficient (Wildman–Crippen LogP) is 1.59. The van der Waals surface area contributed by atoms with E-state index in [-0.39, 0.29) is 17.5 Å². The summed E-state index contributed by atoms with van der Waals surface area (Å²) in [6.45, 7) is 5.33. The van der Waals surface area contributed by atoms with Crippen molar-refractivity contribution in [3.63, 3.8) is 0 Å². The Labute approximate surface area is 127 Å². The number of hydrogen-bond acceptors (Lipinski definition) is 4. The Bertz CT molecular complexity index is 312. The molecule has 0 aromatic rings. The zero-order chi connectivity index (χ0) is 14.4. The van der Waals surface area contributed by atoms with Gasteiger partial charge >= 0.3 is 0 Å². The molecule has 2 aliphatic rings. The van der Waals surface area contributed by atoms with Crippen molar-refractivity contribution >= 4 is 17.7 Å². The number of hydrogen-bond donors (Lipinski definition) is 2. The molecule has 3 N–H and O–H groups in total. The Kier molecular flexibility index (Phi) is 6.18. The molecule has 1 heterocycles. The lowest BCUT2D eigenvalue weighted by Crippen LogP contribution is -2.60. The van der Waals surface area contributed by atoms with Crippen LogP contribution in [0.1, 0.15) is 45.4 Å². The third kappa shape index (κ3) is 3.89. The number of carbonyl (C=O) groups is 1. The highest BCUT2D eigenvalue weighted by molar-refractivity contribution is 7.99. The van der Waals surface area contributed by atoms with Crippen LogP contribution in [0.5, 0.6) is 0 Å². The summed E-state index contributed by atoms with van der Waals surface area (Å²) >= 11 is 2.06. The summed E-state index contributed by atoms with van der Waals surface area (Å²) in [5, 5.41) is 3.45. The lowest BCUT2D eigenvalue weighted by atomic mass is 9.79. The number of carbonyl (C=O) groups excluding carboxylic acids is 1. The van der Waals surface area contributed by atoms with E-state index in [4.69, 9.17) is 5.73 Å². The van der Waals surface area contributed by atoms with E-state index < -0.39 is 0 Å². The molecule has 20 heavy (non-hydrogen) atoms. The van der Waals surface area contributed by atoms with Crippen molar-refractivity contribution in [1.82, 2.24) is 10.2 Å². The molecule has 1 aliphatic heterocycles. The molecule has 4 nitrogen and oxygen atoms in total. The molecule has 2 fully saturated rings. The highest BCUT2D eigenvalue weighted by atomic mass is 32.2. The molecule has 116 valence electrons. The van der Waals surface area contributed by atoms with Crippen molar-refractivity contribution < 1.29 is 4.79 Å². The Hall–Kier alpha value is -0.260. The number of nitrogens with one attached hydrogen (secondary N) is 1. The zero-order valence-electron chi connectivity index (χ0n) is 12.7. The van der Waals surface area contributed by atoms with Crippen molar-refractivity contribution in [1.29, 1.82) is 0 Å². The molecule has 1 atom stereocenters. The molecule has 1 unspecified atom stereocenters. The van der Waals surface area contributed by atoms with Crippen LogP contribution in [-0.4, -0.2) is 53.5 Å². The van der Waals surface area contributed by atoms with Gasteiger partial charge in [0.05, 0.1) is 6.04 Å². The summed E-state index contributed by atoms with van der Waals surface area (Å²) in [6, 6.07) is -0.173. The smallest absolute Gasteiger partial charge is 0.234 e. The number of primary amides is 1. The van der Waals surface area contributed by atoms with Crippen molar-refractivity contribution in [2.75, 3.05) is 31.1 Å². The van der Waals surface area contributed by atoms with Crippen molar-refractivity contribution in [3.05, 3.63) is 0 Å². The van der Waals surface area contributed by atoms with E-state index >= 15 is 0 Å². The quantitative estimate of drug-likeness (QED) is 0.782. The van der Waals surface area contributed by atoms with Gasteiger partial charge in [-0.25, -0.2) is 0 Å². The average Bonchev–Trinajstić information content (AvgIpc) is 2.49. The molecule has 0 aromatic carbocycles. The molecular formula is C15H29N3OS. The van der Waals surface area contributed by atoms with Crippen molar-refractivity contribution in [2.24, 2.45) is 5.73 Å². The molecule has 0 bridgehead atoms. The van der Waals surface area contributed by atoms with Crippen LogP contribution in [0.15, 0.2) is 0 Å². The van der Waals surface area contributed by atoms with E-state index in [9.17, 15) is 4.79 Å². The van der Waals surface area contributed by atoms with Gasteiger partial charge in [0.2, 0.25) is 5.91 Å². The maximum atomic E-state index is 11.4. The van der Waals surface area contributed by atoms with Gasteiger partial charge in [-0.15, -0.1) is 0 Å². The molecule has 1 amide bonds. The van der Waals surface area contributed by atoms with Gasteiger partial charge in [0, 0.05) is 36.7 Å². The second-order valence-corrected chi connectivity index (χ2v) is 7.35. The Balaban J connectivity index is 2.00. The zero-order valence-corrected chi connectivity index (χ0v) is 13.5. The number of nitrogens with zero attached hydrogens (tertiary/aromatic N) is 1. The summed E-state index contributed by atoms with van der Waals surface area (Å²) in [5.41, 5.74) is 5.73. The van der Waals surface area contributed by atoms with Crippen molar-refractivity contribution in [2.45, 2.75) is 57.0 Å². The monoisotopic (exact) mass is 299 g/mol. The largest absolute Gasteiger partial charge is 0.368 e. The van der Waals surface area contributed by atoms with E-state index in [1.54, 1.807) is 0 Å². The van der Waals surface area contributed by atoms with E-state index in [2.05, 4.69) is 22.0 Å². The Morgan fingerprint density at radius 1 is 1.30 bits per heavy atom. The predicted molar refractivity (Wildman–Crippen MR) is 86.0 cm³/mol. The first-order valence-corrected chi connectivity index (χ1v) is 9.19. The molecule has 1 aliphatic carbocycles. The second kappa shape index (κ2) is 7.66. The van der Waals surface area contributed by atoms with Crippen LogP contribution in [0.4, 0.5) is 0 Å². The average molecular weight is 299 g/mol. The Morgan fingerprint density at radius 3 is 2.50 bits per heavy atom. The minimum absolute atomic E-state index is 0.173.